The number of nitrogens with zero attached hydrogens (tertiary/aromatic N) is 1. The van der Waals surface area contributed by atoms with Gasteiger partial charge in [-0.3, -0.25) is 9.78 Å². The van der Waals surface area contributed by atoms with Gasteiger partial charge in [0.15, 0.2) is 0 Å². The summed E-state index contributed by atoms with van der Waals surface area (Å²) >= 11 is 0. The van der Waals surface area contributed by atoms with Crippen LogP contribution in [0, 0.1) is 11.2 Å². The van der Waals surface area contributed by atoms with Crippen LogP contribution in [-0.2, 0) is 11.2 Å². The van der Waals surface area contributed by atoms with Crippen molar-refractivity contribution in [1.29, 1.82) is 0 Å². The van der Waals surface area contributed by atoms with Crippen molar-refractivity contribution in [3.63, 3.8) is 0 Å². The highest BCUT2D eigenvalue weighted by molar-refractivity contribution is 5.73. The smallest absolute Gasteiger partial charge is 0.309 e. The van der Waals surface area contributed by atoms with E-state index >= 15 is 0 Å². The minimum absolute atomic E-state index is 0.0923. The van der Waals surface area contributed by atoms with E-state index in [1.807, 2.05) is 0 Å². The molecule has 0 unspecified atom stereocenters. The van der Waals surface area contributed by atoms with E-state index in [9.17, 15) is 9.18 Å². The molecule has 0 amide bonds. The van der Waals surface area contributed by atoms with E-state index in [1.165, 1.54) is 18.3 Å². The summed E-state index contributed by atoms with van der Waals surface area (Å²) < 4.78 is 13.1. The van der Waals surface area contributed by atoms with Crippen molar-refractivity contribution in [3.05, 3.63) is 29.8 Å². The Morgan fingerprint density at radius 3 is 2.79 bits per heavy atom. The molecule has 1 aromatic rings. The van der Waals surface area contributed by atoms with Gasteiger partial charge in [0.05, 0.1) is 11.1 Å². The Hall–Kier alpha value is -1.45. The van der Waals surface area contributed by atoms with Gasteiger partial charge in [0.2, 0.25) is 0 Å². The quantitative estimate of drug-likeness (QED) is 0.804. The van der Waals surface area contributed by atoms with E-state index < -0.39 is 17.2 Å². The lowest BCUT2D eigenvalue weighted by Crippen LogP contribution is -2.27. The second kappa shape index (κ2) is 3.74. The normalized spacial score (nSPS) is 11.4. The standard InChI is InChI=1S/C10H12FNO2/c1-10(2,9(13)14)6-8-7(11)4-3-5-12-8/h3-5H,6H2,1-2H3,(H,13,14). The van der Waals surface area contributed by atoms with E-state index in [0.717, 1.165) is 0 Å². The summed E-state index contributed by atoms with van der Waals surface area (Å²) in [5, 5.41) is 8.84. The summed E-state index contributed by atoms with van der Waals surface area (Å²) in [6.07, 6.45) is 1.55. The molecule has 1 N–H and O–H groups in total. The number of halogens is 1. The maximum absolute atomic E-state index is 13.1. The van der Waals surface area contributed by atoms with Crippen molar-refractivity contribution < 1.29 is 14.3 Å². The Morgan fingerprint density at radius 2 is 2.29 bits per heavy atom. The minimum atomic E-state index is -0.991. The number of pyridine rings is 1. The Balaban J connectivity index is 2.89. The van der Waals surface area contributed by atoms with Crippen molar-refractivity contribution in [2.45, 2.75) is 20.3 Å². The van der Waals surface area contributed by atoms with Gasteiger partial charge in [0, 0.05) is 12.6 Å². The molecule has 0 fully saturated rings. The average Bonchev–Trinajstić information content (AvgIpc) is 2.08. The molecule has 3 nitrogen and oxygen atoms in total. The highest BCUT2D eigenvalue weighted by Crippen LogP contribution is 2.22. The molecule has 76 valence electrons. The zero-order chi connectivity index (χ0) is 10.8. The molecule has 0 atom stereocenters. The van der Waals surface area contributed by atoms with Crippen molar-refractivity contribution in [2.75, 3.05) is 0 Å². The number of aromatic nitrogens is 1. The lowest BCUT2D eigenvalue weighted by molar-refractivity contribution is -0.146. The zero-order valence-electron chi connectivity index (χ0n) is 8.12. The second-order valence-corrected chi connectivity index (χ2v) is 3.80. The van der Waals surface area contributed by atoms with Gasteiger partial charge < -0.3 is 5.11 Å². The molecular weight excluding hydrogens is 185 g/mol. The first-order chi connectivity index (χ1) is 6.43. The predicted molar refractivity (Wildman–Crippen MR) is 49.3 cm³/mol. The first-order valence-electron chi connectivity index (χ1n) is 4.26. The monoisotopic (exact) mass is 197 g/mol. The molecule has 0 radical (unpaired) electrons. The molecule has 0 saturated heterocycles. The first-order valence-corrected chi connectivity index (χ1v) is 4.26. The molecule has 0 aliphatic rings. The molecule has 1 aromatic heterocycles. The first kappa shape index (κ1) is 10.6. The number of rotatable bonds is 3. The van der Waals surface area contributed by atoms with Crippen molar-refractivity contribution in [1.82, 2.24) is 4.98 Å². The topological polar surface area (TPSA) is 50.2 Å². The summed E-state index contributed by atoms with van der Waals surface area (Å²) in [4.78, 5) is 14.6. The third-order valence-corrected chi connectivity index (χ3v) is 2.02. The van der Waals surface area contributed by atoms with Crippen molar-refractivity contribution in [2.24, 2.45) is 5.41 Å². The molecule has 0 spiro atoms. The Kier molecular flexibility index (Phi) is 2.84. The Labute approximate surface area is 81.6 Å². The number of hydrogen-bond acceptors (Lipinski definition) is 2. The fraction of sp³-hybridized carbons (Fsp3) is 0.400. The predicted octanol–water partition coefficient (Wildman–Crippen LogP) is 1.87. The minimum Gasteiger partial charge on any atom is -0.481 e. The number of carbonyl (C=O) groups is 1. The third kappa shape index (κ3) is 2.28. The molecule has 0 bridgehead atoms. The summed E-state index contributed by atoms with van der Waals surface area (Å²) in [6.45, 7) is 3.09. The molecule has 0 aliphatic carbocycles. The van der Waals surface area contributed by atoms with E-state index in [2.05, 4.69) is 4.98 Å². The SMILES string of the molecule is CC(C)(Cc1ncccc1F)C(=O)O. The van der Waals surface area contributed by atoms with Gasteiger partial charge in [-0.15, -0.1) is 0 Å². The molecular formula is C10H12FNO2. The van der Waals surface area contributed by atoms with Gasteiger partial charge in [-0.25, -0.2) is 4.39 Å². The fourth-order valence-corrected chi connectivity index (χ4v) is 1.04. The van der Waals surface area contributed by atoms with Crippen LogP contribution in [0.1, 0.15) is 19.5 Å². The summed E-state index contributed by atoms with van der Waals surface area (Å²) in [5.41, 5.74) is -0.797. The lowest BCUT2D eigenvalue weighted by atomic mass is 9.88. The Bertz CT molecular complexity index is 350. The van der Waals surface area contributed by atoms with Crippen LogP contribution in [0.15, 0.2) is 18.3 Å². The molecule has 1 rings (SSSR count). The number of carboxylic acid groups (broad SMARTS) is 1. The average molecular weight is 197 g/mol. The highest BCUT2D eigenvalue weighted by atomic mass is 19.1. The van der Waals surface area contributed by atoms with Crippen LogP contribution in [0.2, 0.25) is 0 Å². The van der Waals surface area contributed by atoms with Crippen molar-refractivity contribution >= 4 is 5.97 Å². The van der Waals surface area contributed by atoms with Gasteiger partial charge in [-0.05, 0) is 26.0 Å². The largest absolute Gasteiger partial charge is 0.481 e. The molecule has 4 heteroatoms. The second-order valence-electron chi connectivity index (χ2n) is 3.80. The molecule has 0 aromatic carbocycles. The van der Waals surface area contributed by atoms with Crippen LogP contribution < -0.4 is 0 Å². The maximum atomic E-state index is 13.1. The van der Waals surface area contributed by atoms with Gasteiger partial charge in [0.25, 0.3) is 0 Å². The fourth-order valence-electron chi connectivity index (χ4n) is 1.04. The summed E-state index contributed by atoms with van der Waals surface area (Å²) in [5.74, 6) is -1.41. The van der Waals surface area contributed by atoms with Gasteiger partial charge >= 0.3 is 5.97 Å². The summed E-state index contributed by atoms with van der Waals surface area (Å²) in [6, 6.07) is 2.76. The van der Waals surface area contributed by atoms with Crippen LogP contribution in [0.3, 0.4) is 0 Å². The highest BCUT2D eigenvalue weighted by Gasteiger charge is 2.28. The van der Waals surface area contributed by atoms with E-state index in [1.54, 1.807) is 13.8 Å². The molecule has 0 aliphatic heterocycles. The Morgan fingerprint density at radius 1 is 1.64 bits per heavy atom. The number of carboxylic acids is 1. The van der Waals surface area contributed by atoms with Gasteiger partial charge in [-0.1, -0.05) is 0 Å². The van der Waals surface area contributed by atoms with Crippen LogP contribution >= 0.6 is 0 Å². The molecule has 0 saturated carbocycles. The zero-order valence-corrected chi connectivity index (χ0v) is 8.12. The summed E-state index contributed by atoms with van der Waals surface area (Å²) in [7, 11) is 0. The van der Waals surface area contributed by atoms with Gasteiger partial charge in [0.1, 0.15) is 5.82 Å². The number of hydrogen-bond donors (Lipinski definition) is 1. The maximum Gasteiger partial charge on any atom is 0.309 e. The number of aliphatic carboxylic acids is 1. The van der Waals surface area contributed by atoms with Crippen LogP contribution in [-0.4, -0.2) is 16.1 Å². The molecule has 14 heavy (non-hydrogen) atoms. The molecule has 1 heterocycles. The van der Waals surface area contributed by atoms with Gasteiger partial charge in [-0.2, -0.15) is 0 Å². The van der Waals surface area contributed by atoms with E-state index in [0.29, 0.717) is 0 Å². The van der Waals surface area contributed by atoms with Crippen LogP contribution in [0.5, 0.6) is 0 Å². The van der Waals surface area contributed by atoms with Crippen molar-refractivity contribution in [3.8, 4) is 0 Å². The van der Waals surface area contributed by atoms with Crippen LogP contribution in [0.25, 0.3) is 0 Å². The van der Waals surface area contributed by atoms with E-state index in [-0.39, 0.29) is 12.1 Å². The van der Waals surface area contributed by atoms with Crippen LogP contribution in [0.4, 0.5) is 4.39 Å². The third-order valence-electron chi connectivity index (χ3n) is 2.02. The lowest BCUT2D eigenvalue weighted by Gasteiger charge is -2.18. The van der Waals surface area contributed by atoms with E-state index in [4.69, 9.17) is 5.11 Å².